The van der Waals surface area contributed by atoms with Gasteiger partial charge in [0.1, 0.15) is 12.4 Å². The molecule has 1 aliphatic heterocycles. The van der Waals surface area contributed by atoms with Gasteiger partial charge in [-0.05, 0) is 62.3 Å². The fourth-order valence-electron chi connectivity index (χ4n) is 3.88. The van der Waals surface area contributed by atoms with Crippen LogP contribution in [0.25, 0.3) is 0 Å². The number of nitrogens with zero attached hydrogens (tertiary/aromatic N) is 1. The van der Waals surface area contributed by atoms with Gasteiger partial charge in [0.15, 0.2) is 17.3 Å². The van der Waals surface area contributed by atoms with Gasteiger partial charge in [-0.1, -0.05) is 0 Å². The van der Waals surface area contributed by atoms with Gasteiger partial charge in [0.25, 0.3) is 0 Å². The summed E-state index contributed by atoms with van der Waals surface area (Å²) in [5.41, 5.74) is 0.945. The molecule has 1 saturated heterocycles. The molecule has 2 aromatic carbocycles. The second-order valence-electron chi connectivity index (χ2n) is 7.63. The lowest BCUT2D eigenvalue weighted by molar-refractivity contribution is 0.0813. The molecule has 178 valence electrons. The minimum Gasteiger partial charge on any atom is -0.493 e. The van der Waals surface area contributed by atoms with E-state index < -0.39 is 6.09 Å². The molecule has 0 saturated carbocycles. The van der Waals surface area contributed by atoms with Gasteiger partial charge in [0.05, 0.1) is 27.0 Å². The van der Waals surface area contributed by atoms with Crippen molar-refractivity contribution in [2.75, 3.05) is 52.9 Å². The average Bonchev–Trinajstić information content (AvgIpc) is 2.84. The number of carbonyl (C=O) groups is 2. The van der Waals surface area contributed by atoms with Gasteiger partial charge in [0, 0.05) is 18.0 Å². The molecular weight excluding hydrogens is 431 g/mol. The van der Waals surface area contributed by atoms with E-state index in [0.29, 0.717) is 47.9 Å². The molecule has 3 rings (SSSR count). The number of amides is 1. The number of methoxy groups -OCH3 is 3. The minimum absolute atomic E-state index is 0.0501. The first kappa shape index (κ1) is 24.3. The van der Waals surface area contributed by atoms with Crippen LogP contribution in [0, 0.1) is 11.7 Å². The van der Waals surface area contributed by atoms with E-state index in [4.69, 9.17) is 18.9 Å². The van der Waals surface area contributed by atoms with Crippen LogP contribution in [0.4, 0.5) is 14.9 Å². The van der Waals surface area contributed by atoms with E-state index in [1.54, 1.807) is 12.1 Å². The summed E-state index contributed by atoms with van der Waals surface area (Å²) in [4.78, 5) is 27.0. The first-order valence-electron chi connectivity index (χ1n) is 10.7. The molecule has 1 amide bonds. The zero-order valence-corrected chi connectivity index (χ0v) is 19.1. The van der Waals surface area contributed by atoms with Crippen LogP contribution in [0.15, 0.2) is 36.4 Å². The van der Waals surface area contributed by atoms with E-state index in [0.717, 1.165) is 13.1 Å². The lowest BCUT2D eigenvalue weighted by Crippen LogP contribution is -2.38. The van der Waals surface area contributed by atoms with E-state index in [9.17, 15) is 14.0 Å². The molecule has 2 aromatic rings. The third kappa shape index (κ3) is 6.13. The number of anilines is 1. The molecule has 9 heteroatoms. The largest absolute Gasteiger partial charge is 0.493 e. The molecule has 0 atom stereocenters. The third-order valence-corrected chi connectivity index (χ3v) is 5.67. The Balaban J connectivity index is 1.44. The average molecular weight is 461 g/mol. The summed E-state index contributed by atoms with van der Waals surface area (Å²) < 4.78 is 34.3. The van der Waals surface area contributed by atoms with Crippen LogP contribution in [0.5, 0.6) is 17.2 Å². The van der Waals surface area contributed by atoms with Crippen molar-refractivity contribution in [3.05, 3.63) is 47.8 Å². The van der Waals surface area contributed by atoms with Crippen LogP contribution in [0.2, 0.25) is 0 Å². The highest BCUT2D eigenvalue weighted by molar-refractivity contribution is 5.97. The van der Waals surface area contributed by atoms with Gasteiger partial charge in [-0.25, -0.2) is 9.18 Å². The summed E-state index contributed by atoms with van der Waals surface area (Å²) in [7, 11) is 4.47. The number of nitrogens with one attached hydrogen (secondary N) is 1. The Morgan fingerprint density at radius 3 is 2.24 bits per heavy atom. The fourth-order valence-corrected chi connectivity index (χ4v) is 3.88. The maximum atomic E-state index is 13.1. The molecule has 1 aliphatic rings. The second kappa shape index (κ2) is 11.5. The summed E-state index contributed by atoms with van der Waals surface area (Å²) in [5, 5.41) is 2.66. The number of halogens is 1. The van der Waals surface area contributed by atoms with Crippen LogP contribution in [0.3, 0.4) is 0 Å². The fraction of sp³-hybridized carbons (Fsp3) is 0.417. The van der Waals surface area contributed by atoms with Crippen LogP contribution < -0.4 is 19.5 Å². The highest BCUT2D eigenvalue weighted by Gasteiger charge is 2.26. The van der Waals surface area contributed by atoms with Gasteiger partial charge in [0.2, 0.25) is 5.75 Å². The van der Waals surface area contributed by atoms with Crippen LogP contribution in [0.1, 0.15) is 23.2 Å². The Hall–Kier alpha value is -3.33. The Kier molecular flexibility index (Phi) is 8.48. The summed E-state index contributed by atoms with van der Waals surface area (Å²) >= 11 is 0. The van der Waals surface area contributed by atoms with Crippen molar-refractivity contribution >= 4 is 17.6 Å². The molecular formula is C24H29FN2O6. The van der Waals surface area contributed by atoms with Crippen molar-refractivity contribution in [2.24, 2.45) is 5.92 Å². The zero-order valence-electron chi connectivity index (χ0n) is 19.1. The van der Waals surface area contributed by atoms with Gasteiger partial charge in [-0.2, -0.15) is 0 Å². The number of Topliss-reactive ketones (excluding diaryl/α,β-unsaturated/α-hetero) is 1. The topological polar surface area (TPSA) is 86.3 Å². The molecule has 0 bridgehead atoms. The third-order valence-electron chi connectivity index (χ3n) is 5.67. The van der Waals surface area contributed by atoms with Gasteiger partial charge in [-0.3, -0.25) is 15.0 Å². The van der Waals surface area contributed by atoms with Gasteiger partial charge in [-0.15, -0.1) is 0 Å². The molecule has 0 aliphatic carbocycles. The second-order valence-corrected chi connectivity index (χ2v) is 7.63. The number of rotatable bonds is 9. The molecule has 33 heavy (non-hydrogen) atoms. The minimum atomic E-state index is -0.609. The number of carbonyl (C=O) groups excluding carboxylic acids is 2. The molecule has 1 heterocycles. The van der Waals surface area contributed by atoms with Crippen molar-refractivity contribution in [1.29, 1.82) is 0 Å². The number of ketones is 1. The number of hydrogen-bond donors (Lipinski definition) is 1. The summed E-state index contributed by atoms with van der Waals surface area (Å²) in [6, 6.07) is 8.98. The van der Waals surface area contributed by atoms with Crippen molar-refractivity contribution in [3.8, 4) is 17.2 Å². The monoisotopic (exact) mass is 460 g/mol. The van der Waals surface area contributed by atoms with Crippen molar-refractivity contribution in [2.45, 2.75) is 12.8 Å². The number of piperidine rings is 1. The van der Waals surface area contributed by atoms with Crippen LogP contribution in [-0.2, 0) is 4.74 Å². The number of ether oxygens (including phenoxy) is 4. The number of hydrogen-bond acceptors (Lipinski definition) is 7. The Labute approximate surface area is 192 Å². The highest BCUT2D eigenvalue weighted by atomic mass is 19.1. The molecule has 0 radical (unpaired) electrons. The molecule has 0 aromatic heterocycles. The normalized spacial score (nSPS) is 14.4. The lowest BCUT2D eigenvalue weighted by atomic mass is 9.89. The van der Waals surface area contributed by atoms with Crippen molar-refractivity contribution in [3.63, 3.8) is 0 Å². The summed E-state index contributed by atoms with van der Waals surface area (Å²) in [6.45, 7) is 2.23. The SMILES string of the molecule is COc1ccc(NC(=O)OCCN2CCC(C(=O)c3ccc(F)cc3)CC2)c(OC)c1OC. The van der Waals surface area contributed by atoms with Crippen LogP contribution >= 0.6 is 0 Å². The summed E-state index contributed by atoms with van der Waals surface area (Å²) in [5.74, 6) is 0.810. The molecule has 8 nitrogen and oxygen atoms in total. The predicted molar refractivity (Wildman–Crippen MR) is 121 cm³/mol. The van der Waals surface area contributed by atoms with E-state index in [1.165, 1.54) is 45.6 Å². The molecule has 0 spiro atoms. The standard InChI is InChI=1S/C24H29FN2O6/c1-30-20-9-8-19(22(31-2)23(20)32-3)26-24(29)33-15-14-27-12-10-17(11-13-27)21(28)16-4-6-18(25)7-5-16/h4-9,17H,10-15H2,1-3H3,(H,26,29). The quantitative estimate of drug-likeness (QED) is 0.566. The number of benzene rings is 2. The molecule has 1 N–H and O–H groups in total. The van der Waals surface area contributed by atoms with E-state index in [1.807, 2.05) is 0 Å². The van der Waals surface area contributed by atoms with Crippen molar-refractivity contribution < 1.29 is 32.9 Å². The van der Waals surface area contributed by atoms with Gasteiger partial charge < -0.3 is 18.9 Å². The molecule has 1 fully saturated rings. The van der Waals surface area contributed by atoms with Crippen molar-refractivity contribution in [1.82, 2.24) is 4.90 Å². The first-order chi connectivity index (χ1) is 16.0. The molecule has 0 unspecified atom stereocenters. The Bertz CT molecular complexity index is 958. The Morgan fingerprint density at radius 1 is 0.970 bits per heavy atom. The Morgan fingerprint density at radius 2 is 1.64 bits per heavy atom. The van der Waals surface area contributed by atoms with E-state index in [2.05, 4.69) is 10.2 Å². The smallest absolute Gasteiger partial charge is 0.411 e. The maximum Gasteiger partial charge on any atom is 0.411 e. The number of likely N-dealkylation sites (tertiary alicyclic amines) is 1. The highest BCUT2D eigenvalue weighted by Crippen LogP contribution is 2.42. The van der Waals surface area contributed by atoms with E-state index >= 15 is 0 Å². The van der Waals surface area contributed by atoms with E-state index in [-0.39, 0.29) is 24.1 Å². The predicted octanol–water partition coefficient (Wildman–Crippen LogP) is 3.99. The van der Waals surface area contributed by atoms with Gasteiger partial charge >= 0.3 is 6.09 Å². The summed E-state index contributed by atoms with van der Waals surface area (Å²) in [6.07, 6.45) is 0.818. The maximum absolute atomic E-state index is 13.1. The zero-order chi connectivity index (χ0) is 23.8. The lowest BCUT2D eigenvalue weighted by Gasteiger charge is -2.31. The first-order valence-corrected chi connectivity index (χ1v) is 10.7. The van der Waals surface area contributed by atoms with Crippen LogP contribution in [-0.4, -0.2) is 64.3 Å².